The number of benzene rings is 4. The van der Waals surface area contributed by atoms with Crippen LogP contribution in [0.1, 0.15) is 92.0 Å². The van der Waals surface area contributed by atoms with Gasteiger partial charge in [-0.3, -0.25) is 0 Å². The third kappa shape index (κ3) is 4.34. The van der Waals surface area contributed by atoms with E-state index in [1.54, 1.807) is 24.3 Å². The first-order chi connectivity index (χ1) is 20.0. The van der Waals surface area contributed by atoms with Crippen molar-refractivity contribution >= 4 is 21.5 Å². The average Bonchev–Trinajstić information content (AvgIpc) is 3.42. The summed E-state index contributed by atoms with van der Waals surface area (Å²) in [5, 5.41) is 33.1. The highest BCUT2D eigenvalue weighted by atomic mass is 19.1. The Morgan fingerprint density at radius 2 is 1.14 bits per heavy atom. The molecule has 0 spiro atoms. The third-order valence-corrected chi connectivity index (χ3v) is 11.3. The van der Waals surface area contributed by atoms with Crippen LogP contribution in [0.4, 0.5) is 8.78 Å². The maximum atomic E-state index is 14.5. The van der Waals surface area contributed by atoms with Crippen LogP contribution in [0.2, 0.25) is 0 Å². The minimum Gasteiger partial charge on any atom is -0.508 e. The number of halogens is 2. The van der Waals surface area contributed by atoms with E-state index >= 15 is 0 Å². The van der Waals surface area contributed by atoms with Crippen LogP contribution in [0.15, 0.2) is 48.5 Å². The highest BCUT2D eigenvalue weighted by molar-refractivity contribution is 5.90. The summed E-state index contributed by atoms with van der Waals surface area (Å²) in [5.74, 6) is 0.354. The molecule has 6 atom stereocenters. The van der Waals surface area contributed by atoms with Gasteiger partial charge in [-0.15, -0.1) is 0 Å². The number of hydrogen-bond acceptors (Lipinski definition) is 3. The number of rotatable bonds is 0. The molecule has 4 aliphatic rings. The lowest BCUT2D eigenvalue weighted by atomic mass is 9.66. The summed E-state index contributed by atoms with van der Waals surface area (Å²) in [6, 6.07) is 14.3. The lowest BCUT2D eigenvalue weighted by Gasteiger charge is -2.38. The second-order valence-corrected chi connectivity index (χ2v) is 14.2. The van der Waals surface area contributed by atoms with E-state index in [-0.39, 0.29) is 46.3 Å². The van der Waals surface area contributed by atoms with Crippen molar-refractivity contribution in [3.63, 3.8) is 0 Å². The number of phenols is 1. The van der Waals surface area contributed by atoms with Crippen LogP contribution >= 0.6 is 0 Å². The summed E-state index contributed by atoms with van der Waals surface area (Å²) in [6.45, 7) is 6.53. The van der Waals surface area contributed by atoms with E-state index in [2.05, 4.69) is 26.8 Å². The summed E-state index contributed by atoms with van der Waals surface area (Å²) in [4.78, 5) is 0. The van der Waals surface area contributed by atoms with E-state index in [0.29, 0.717) is 17.7 Å². The maximum Gasteiger partial charge on any atom is 0.131 e. The molecule has 4 aliphatic carbocycles. The molecular weight excluding hydrogens is 530 g/mol. The van der Waals surface area contributed by atoms with Crippen LogP contribution in [-0.2, 0) is 12.8 Å². The quantitative estimate of drug-likeness (QED) is 0.199. The summed E-state index contributed by atoms with van der Waals surface area (Å²) < 4.78 is 29.0. The van der Waals surface area contributed by atoms with Crippen molar-refractivity contribution in [1.82, 2.24) is 0 Å². The Hall–Kier alpha value is -3.02. The molecular formula is C37H40F2O3. The van der Waals surface area contributed by atoms with Gasteiger partial charge in [0.2, 0.25) is 0 Å². The van der Waals surface area contributed by atoms with Crippen LogP contribution in [0.3, 0.4) is 0 Å². The molecule has 0 amide bonds. The van der Waals surface area contributed by atoms with Crippen molar-refractivity contribution in [1.29, 1.82) is 0 Å². The monoisotopic (exact) mass is 570 g/mol. The zero-order valence-corrected chi connectivity index (χ0v) is 24.7. The Morgan fingerprint density at radius 1 is 0.667 bits per heavy atom. The topological polar surface area (TPSA) is 60.7 Å². The van der Waals surface area contributed by atoms with Crippen LogP contribution in [0.25, 0.3) is 21.5 Å². The van der Waals surface area contributed by atoms with E-state index in [4.69, 9.17) is 0 Å². The second kappa shape index (κ2) is 9.75. The Balaban J connectivity index is 0.000000137. The van der Waals surface area contributed by atoms with Gasteiger partial charge < -0.3 is 15.3 Å². The molecule has 2 fully saturated rings. The molecule has 42 heavy (non-hydrogen) atoms. The first-order valence-corrected chi connectivity index (χ1v) is 15.5. The Bertz CT molecular complexity index is 1600. The normalized spacial score (nSPS) is 31.2. The lowest BCUT2D eigenvalue weighted by molar-refractivity contribution is 0.159. The number of aliphatic hydroxyl groups is 2. The van der Waals surface area contributed by atoms with Gasteiger partial charge in [-0.2, -0.15) is 0 Å². The van der Waals surface area contributed by atoms with Crippen molar-refractivity contribution in [2.75, 3.05) is 0 Å². The van der Waals surface area contributed by atoms with Gasteiger partial charge in [0.25, 0.3) is 0 Å². The molecule has 8 rings (SSSR count). The van der Waals surface area contributed by atoms with Gasteiger partial charge in [0.05, 0.1) is 12.2 Å². The average molecular weight is 571 g/mol. The zero-order chi connectivity index (χ0) is 29.6. The summed E-state index contributed by atoms with van der Waals surface area (Å²) >= 11 is 0. The fourth-order valence-corrected chi connectivity index (χ4v) is 9.22. The SMILES string of the molecule is C[C@]12CCc3c(cc(F)c4ccc(O)cc34)[C@@H]1C[C@@H](O)C2.Cc1ccc2c(F)cc3c(c2c1)CC[C@]1(C)C[C@H](O)C[C@@H]31. The van der Waals surface area contributed by atoms with Crippen molar-refractivity contribution in [3.05, 3.63) is 88.0 Å². The fourth-order valence-electron chi connectivity index (χ4n) is 9.22. The molecule has 0 heterocycles. The highest BCUT2D eigenvalue weighted by Gasteiger charge is 2.48. The van der Waals surface area contributed by atoms with Gasteiger partial charge >= 0.3 is 0 Å². The molecule has 0 unspecified atom stereocenters. The van der Waals surface area contributed by atoms with E-state index in [1.165, 1.54) is 17.2 Å². The first-order valence-electron chi connectivity index (χ1n) is 15.5. The van der Waals surface area contributed by atoms with Gasteiger partial charge in [-0.25, -0.2) is 8.78 Å². The van der Waals surface area contributed by atoms with E-state index < -0.39 is 0 Å². The number of hydrogen-bond donors (Lipinski definition) is 3. The van der Waals surface area contributed by atoms with Crippen molar-refractivity contribution < 1.29 is 24.1 Å². The Kier molecular flexibility index (Phi) is 6.45. The van der Waals surface area contributed by atoms with Crippen LogP contribution in [-0.4, -0.2) is 27.5 Å². The molecule has 0 aliphatic heterocycles. The highest BCUT2D eigenvalue weighted by Crippen LogP contribution is 2.58. The van der Waals surface area contributed by atoms with Gasteiger partial charge in [0.1, 0.15) is 17.4 Å². The van der Waals surface area contributed by atoms with Crippen LogP contribution in [0, 0.1) is 29.4 Å². The summed E-state index contributed by atoms with van der Waals surface area (Å²) in [5.41, 5.74) is 6.03. The minimum atomic E-state index is -0.283. The second-order valence-electron chi connectivity index (χ2n) is 14.2. The van der Waals surface area contributed by atoms with E-state index in [0.717, 1.165) is 77.8 Å². The first kappa shape index (κ1) is 27.8. The van der Waals surface area contributed by atoms with Gasteiger partial charge in [0.15, 0.2) is 0 Å². The standard InChI is InChI=1S/C19H21FO.C18H19FO2/c1-11-3-4-14-15(7-11)13-5-6-19(2)10-12(21)8-17(19)16(13)9-18(14)20;1-18-5-4-12-14-6-10(20)2-3-13(14)17(19)8-15(12)16(18)7-11(21)9-18/h3-4,7,9,12,17,21H,5-6,8,10H2,1-2H3;2-3,6,8,11,16,20-21H,4-5,7,9H2,1H3/t12-,17+,19-;11-,16+,18-/m11/s1. The molecule has 4 aromatic rings. The van der Waals surface area contributed by atoms with E-state index in [9.17, 15) is 24.1 Å². The Labute approximate surface area is 246 Å². The maximum absolute atomic E-state index is 14.5. The van der Waals surface area contributed by atoms with E-state index in [1.807, 2.05) is 12.1 Å². The summed E-state index contributed by atoms with van der Waals surface area (Å²) in [7, 11) is 0. The number of aliphatic hydroxyl groups excluding tert-OH is 2. The Morgan fingerprint density at radius 3 is 1.67 bits per heavy atom. The van der Waals surface area contributed by atoms with Gasteiger partial charge in [0, 0.05) is 10.8 Å². The molecule has 0 radical (unpaired) electrons. The van der Waals surface area contributed by atoms with Crippen molar-refractivity contribution in [2.24, 2.45) is 10.8 Å². The van der Waals surface area contributed by atoms with Crippen molar-refractivity contribution in [2.45, 2.75) is 96.2 Å². The zero-order valence-electron chi connectivity index (χ0n) is 24.7. The predicted molar refractivity (Wildman–Crippen MR) is 163 cm³/mol. The predicted octanol–water partition coefficient (Wildman–Crippen LogP) is 8.35. The van der Waals surface area contributed by atoms with Gasteiger partial charge in [-0.05, 0) is 144 Å². The van der Waals surface area contributed by atoms with Crippen molar-refractivity contribution in [3.8, 4) is 5.75 Å². The number of aromatic hydroxyl groups is 1. The summed E-state index contributed by atoms with van der Waals surface area (Å²) in [6.07, 6.45) is 6.62. The number of phenolic OH excluding ortho intramolecular Hbond substituents is 1. The van der Waals surface area contributed by atoms with Crippen LogP contribution < -0.4 is 0 Å². The van der Waals surface area contributed by atoms with Gasteiger partial charge in [-0.1, -0.05) is 37.6 Å². The third-order valence-electron chi connectivity index (χ3n) is 11.3. The molecule has 4 aromatic carbocycles. The molecule has 5 heteroatoms. The molecule has 220 valence electrons. The number of fused-ring (bicyclic) bond motifs is 10. The lowest BCUT2D eigenvalue weighted by Crippen LogP contribution is -2.27. The fraction of sp³-hybridized carbons (Fsp3) is 0.459. The molecule has 3 nitrogen and oxygen atoms in total. The van der Waals surface area contributed by atoms with Crippen LogP contribution in [0.5, 0.6) is 5.75 Å². The largest absolute Gasteiger partial charge is 0.508 e. The molecule has 0 aromatic heterocycles. The molecule has 2 saturated carbocycles. The molecule has 3 N–H and O–H groups in total. The molecule has 0 saturated heterocycles. The molecule has 0 bridgehead atoms. The minimum absolute atomic E-state index is 0.0728. The smallest absolute Gasteiger partial charge is 0.131 e. The number of aryl methyl sites for hydroxylation is 3.